The molecule has 0 aliphatic heterocycles. The summed E-state index contributed by atoms with van der Waals surface area (Å²) in [4.78, 5) is 33.9. The average molecular weight is 676 g/mol. The monoisotopic (exact) mass is 675 g/mol. The summed E-state index contributed by atoms with van der Waals surface area (Å²) in [5.41, 5.74) is 3.84. The molecule has 5 rings (SSSR count). The Hall–Kier alpha value is -4.28. The van der Waals surface area contributed by atoms with Gasteiger partial charge >= 0.3 is 5.97 Å². The first-order valence-corrected chi connectivity index (χ1v) is 16.5. The van der Waals surface area contributed by atoms with Gasteiger partial charge < -0.3 is 18.9 Å². The minimum absolute atomic E-state index is 0.148. The second-order valence-corrected chi connectivity index (χ2v) is 15.2. The van der Waals surface area contributed by atoms with Crippen molar-refractivity contribution in [3.05, 3.63) is 111 Å². The molecule has 0 atom stereocenters. The van der Waals surface area contributed by atoms with Crippen LogP contribution in [0.25, 0.3) is 21.8 Å². The topological polar surface area (TPSA) is 106 Å². The van der Waals surface area contributed by atoms with Crippen LogP contribution in [0.1, 0.15) is 51.6 Å². The molecule has 2 heterocycles. The molecular weight excluding hydrogens is 638 g/mol. The SMILES string of the molecule is CC(C)(C)Sc1c(CC(C)(C)C(=O)OCCO[N+](=O)[O-])n(Cc2ccc(Cl)cc2)c2ccc(OCc3ccc4ccccc4n3)cc12. The number of fused-ring (bicyclic) bond motifs is 2. The zero-order valence-corrected chi connectivity index (χ0v) is 28.7. The second-order valence-electron chi connectivity index (χ2n) is 12.9. The van der Waals surface area contributed by atoms with Crippen LogP contribution in [0.15, 0.2) is 83.8 Å². The maximum Gasteiger partial charge on any atom is 0.311 e. The number of ether oxygens (including phenoxy) is 2. The standard InChI is InChI=1S/C36H38ClN3O6S/c1-35(2,3)47-33-29-20-28(45-23-27-15-12-25-8-6-7-9-30(25)38-27)16-17-31(29)39(22-24-10-13-26(37)14-11-24)32(33)21-36(4,5)34(41)44-18-19-46-40(42)43/h6-17,20H,18-19,21-23H2,1-5H3. The highest BCUT2D eigenvalue weighted by atomic mass is 35.5. The second kappa shape index (κ2) is 14.2. The lowest BCUT2D eigenvalue weighted by molar-refractivity contribution is -0.757. The van der Waals surface area contributed by atoms with Crippen LogP contribution in [0.2, 0.25) is 5.02 Å². The van der Waals surface area contributed by atoms with Crippen LogP contribution in [-0.4, -0.2) is 38.6 Å². The van der Waals surface area contributed by atoms with E-state index in [1.807, 2.05) is 80.6 Å². The van der Waals surface area contributed by atoms with Crippen molar-refractivity contribution < 1.29 is 24.2 Å². The van der Waals surface area contributed by atoms with Gasteiger partial charge in [-0.05, 0) is 61.9 Å². The molecule has 0 aliphatic rings. The number of hydrogen-bond acceptors (Lipinski definition) is 8. The first kappa shape index (κ1) is 34.1. The number of hydrogen-bond donors (Lipinski definition) is 0. The minimum Gasteiger partial charge on any atom is -0.487 e. The van der Waals surface area contributed by atoms with E-state index in [2.05, 4.69) is 42.3 Å². The third kappa shape index (κ3) is 8.75. The van der Waals surface area contributed by atoms with Crippen molar-refractivity contribution in [3.8, 4) is 5.75 Å². The summed E-state index contributed by atoms with van der Waals surface area (Å²) < 4.78 is 13.8. The van der Waals surface area contributed by atoms with Crippen LogP contribution in [-0.2, 0) is 33.9 Å². The summed E-state index contributed by atoms with van der Waals surface area (Å²) in [5, 5.41) is 12.4. The van der Waals surface area contributed by atoms with Gasteiger partial charge in [-0.15, -0.1) is 21.9 Å². The predicted molar refractivity (Wildman–Crippen MR) is 186 cm³/mol. The van der Waals surface area contributed by atoms with Crippen LogP contribution in [0.3, 0.4) is 0 Å². The minimum atomic E-state index is -0.949. The van der Waals surface area contributed by atoms with Crippen LogP contribution in [0.4, 0.5) is 0 Å². The smallest absolute Gasteiger partial charge is 0.311 e. The van der Waals surface area contributed by atoms with Crippen molar-refractivity contribution in [1.82, 2.24) is 9.55 Å². The Morgan fingerprint density at radius 2 is 1.72 bits per heavy atom. The Balaban J connectivity index is 1.53. The van der Waals surface area contributed by atoms with Gasteiger partial charge in [0.05, 0.1) is 16.6 Å². The molecular formula is C36H38ClN3O6S. The van der Waals surface area contributed by atoms with Crippen molar-refractivity contribution >= 4 is 51.1 Å². The molecule has 11 heteroatoms. The molecule has 0 fully saturated rings. The van der Waals surface area contributed by atoms with Gasteiger partial charge in [0, 0.05) is 49.6 Å². The number of carbonyl (C=O) groups excluding carboxylic acids is 1. The van der Waals surface area contributed by atoms with Crippen LogP contribution in [0, 0.1) is 15.5 Å². The molecule has 3 aromatic carbocycles. The van der Waals surface area contributed by atoms with E-state index in [0.29, 0.717) is 30.3 Å². The lowest BCUT2D eigenvalue weighted by Gasteiger charge is -2.26. The molecule has 0 saturated carbocycles. The lowest BCUT2D eigenvalue weighted by atomic mass is 9.87. The number of aromatic nitrogens is 2. The number of carbonyl (C=O) groups is 1. The molecule has 47 heavy (non-hydrogen) atoms. The number of benzene rings is 3. The van der Waals surface area contributed by atoms with Crippen LogP contribution < -0.4 is 4.74 Å². The highest BCUT2D eigenvalue weighted by molar-refractivity contribution is 8.00. The van der Waals surface area contributed by atoms with Gasteiger partial charge in [-0.1, -0.05) is 68.8 Å². The fraction of sp³-hybridized carbons (Fsp3) is 0.333. The maximum atomic E-state index is 13.3. The molecule has 0 radical (unpaired) electrons. The average Bonchev–Trinajstić information content (AvgIpc) is 3.28. The van der Waals surface area contributed by atoms with Crippen molar-refractivity contribution in [3.63, 3.8) is 0 Å². The van der Waals surface area contributed by atoms with Crippen LogP contribution >= 0.6 is 23.4 Å². The summed E-state index contributed by atoms with van der Waals surface area (Å²) in [5.74, 6) is 0.245. The summed E-state index contributed by atoms with van der Waals surface area (Å²) in [6.45, 7) is 10.4. The van der Waals surface area contributed by atoms with Crippen molar-refractivity contribution in [2.45, 2.75) is 63.8 Å². The van der Waals surface area contributed by atoms with Crippen molar-refractivity contribution in [2.24, 2.45) is 5.41 Å². The molecule has 0 unspecified atom stereocenters. The van der Waals surface area contributed by atoms with E-state index in [9.17, 15) is 14.9 Å². The summed E-state index contributed by atoms with van der Waals surface area (Å²) in [6, 6.07) is 25.8. The van der Waals surface area contributed by atoms with Gasteiger partial charge in [-0.3, -0.25) is 4.79 Å². The molecule has 5 aromatic rings. The number of esters is 1. The highest BCUT2D eigenvalue weighted by Gasteiger charge is 2.34. The third-order valence-corrected chi connectivity index (χ3v) is 9.00. The van der Waals surface area contributed by atoms with Gasteiger partial charge in [0.1, 0.15) is 25.6 Å². The molecule has 0 amide bonds. The molecule has 0 spiro atoms. The summed E-state index contributed by atoms with van der Waals surface area (Å²) in [6.07, 6.45) is 0.361. The molecule has 0 saturated heterocycles. The Kier molecular flexibility index (Phi) is 10.3. The van der Waals surface area contributed by atoms with E-state index >= 15 is 0 Å². The van der Waals surface area contributed by atoms with Gasteiger partial charge in [-0.25, -0.2) is 4.98 Å². The largest absolute Gasteiger partial charge is 0.487 e. The molecule has 0 bridgehead atoms. The van der Waals surface area contributed by atoms with E-state index in [-0.39, 0.29) is 18.0 Å². The van der Waals surface area contributed by atoms with Gasteiger partial charge in [0.2, 0.25) is 0 Å². The number of pyridine rings is 1. The van der Waals surface area contributed by atoms with E-state index in [1.54, 1.807) is 11.8 Å². The van der Waals surface area contributed by atoms with Crippen LogP contribution in [0.5, 0.6) is 5.75 Å². The third-order valence-electron chi connectivity index (χ3n) is 7.47. The molecule has 0 N–H and O–H groups in total. The highest BCUT2D eigenvalue weighted by Crippen LogP contribution is 2.44. The van der Waals surface area contributed by atoms with Crippen molar-refractivity contribution in [1.29, 1.82) is 0 Å². The van der Waals surface area contributed by atoms with Gasteiger partial charge in [0.25, 0.3) is 5.09 Å². The normalized spacial score (nSPS) is 12.0. The maximum absolute atomic E-state index is 13.3. The van der Waals surface area contributed by atoms with E-state index < -0.39 is 16.5 Å². The van der Waals surface area contributed by atoms with Crippen molar-refractivity contribution in [2.75, 3.05) is 13.2 Å². The van der Waals surface area contributed by atoms with E-state index in [0.717, 1.165) is 43.7 Å². The zero-order chi connectivity index (χ0) is 33.8. The quantitative estimate of drug-likeness (QED) is 0.0401. The fourth-order valence-electron chi connectivity index (χ4n) is 5.27. The van der Waals surface area contributed by atoms with Gasteiger partial charge in [0.15, 0.2) is 0 Å². The molecule has 9 nitrogen and oxygen atoms in total. The van der Waals surface area contributed by atoms with Gasteiger partial charge in [-0.2, -0.15) is 0 Å². The Morgan fingerprint density at radius 3 is 2.45 bits per heavy atom. The summed E-state index contributed by atoms with van der Waals surface area (Å²) in [7, 11) is 0. The Morgan fingerprint density at radius 1 is 0.979 bits per heavy atom. The van der Waals surface area contributed by atoms with E-state index in [1.165, 1.54) is 0 Å². The number of para-hydroxylation sites is 1. The fourth-order valence-corrected chi connectivity index (χ4v) is 6.58. The first-order valence-electron chi connectivity index (χ1n) is 15.3. The zero-order valence-electron chi connectivity index (χ0n) is 27.1. The van der Waals surface area contributed by atoms with E-state index in [4.69, 9.17) is 26.1 Å². The Bertz CT molecular complexity index is 1900. The molecule has 0 aliphatic carbocycles. The number of thioether (sulfide) groups is 1. The number of rotatable bonds is 13. The number of halogens is 1. The molecule has 2 aromatic heterocycles. The predicted octanol–water partition coefficient (Wildman–Crippen LogP) is 8.68. The molecule has 246 valence electrons. The first-order chi connectivity index (χ1) is 22.3. The Labute approximate surface area is 283 Å². The lowest BCUT2D eigenvalue weighted by Crippen LogP contribution is -2.31. The number of nitrogens with zero attached hydrogens (tertiary/aromatic N) is 3. The summed E-state index contributed by atoms with van der Waals surface area (Å²) >= 11 is 7.94.